The minimum absolute atomic E-state index is 0.0565. The van der Waals surface area contributed by atoms with Crippen LogP contribution >= 0.6 is 23.1 Å². The standard InChI is InChI=1S/C19H19N3O3S2/c1-12-4-6-13(7-5-12)20-18-21-22-19(27-18)26-11-16(23)15-10-14(24-2)8-9-17(15)25-3/h4-10H,11H2,1-3H3,(H,20,21). The van der Waals surface area contributed by atoms with Crippen molar-refractivity contribution in [2.75, 3.05) is 25.3 Å². The number of Topliss-reactive ketones (excluding diaryl/α,β-unsaturated/α-hetero) is 1. The molecule has 0 radical (unpaired) electrons. The van der Waals surface area contributed by atoms with E-state index in [4.69, 9.17) is 9.47 Å². The van der Waals surface area contributed by atoms with Gasteiger partial charge in [-0.15, -0.1) is 10.2 Å². The topological polar surface area (TPSA) is 73.3 Å². The molecule has 0 atom stereocenters. The molecule has 0 spiro atoms. The number of carbonyl (C=O) groups is 1. The van der Waals surface area contributed by atoms with Crippen LogP contribution in [0.25, 0.3) is 0 Å². The maximum atomic E-state index is 12.6. The first kappa shape index (κ1) is 19.2. The van der Waals surface area contributed by atoms with Crippen molar-refractivity contribution < 1.29 is 14.3 Å². The molecule has 3 rings (SSSR count). The van der Waals surface area contributed by atoms with E-state index in [-0.39, 0.29) is 11.5 Å². The maximum Gasteiger partial charge on any atom is 0.210 e. The first-order valence-corrected chi connectivity index (χ1v) is 9.94. The monoisotopic (exact) mass is 401 g/mol. The number of anilines is 2. The third-order valence-electron chi connectivity index (χ3n) is 3.74. The van der Waals surface area contributed by atoms with Gasteiger partial charge in [-0.25, -0.2) is 0 Å². The van der Waals surface area contributed by atoms with E-state index in [9.17, 15) is 4.79 Å². The van der Waals surface area contributed by atoms with Crippen LogP contribution in [0.1, 0.15) is 15.9 Å². The van der Waals surface area contributed by atoms with Gasteiger partial charge in [0, 0.05) is 5.69 Å². The van der Waals surface area contributed by atoms with E-state index >= 15 is 0 Å². The van der Waals surface area contributed by atoms with Crippen molar-refractivity contribution in [3.63, 3.8) is 0 Å². The molecule has 0 saturated carbocycles. The zero-order valence-corrected chi connectivity index (χ0v) is 16.8. The van der Waals surface area contributed by atoms with E-state index in [2.05, 4.69) is 15.5 Å². The van der Waals surface area contributed by atoms with Crippen molar-refractivity contribution in [2.45, 2.75) is 11.3 Å². The van der Waals surface area contributed by atoms with Crippen LogP contribution in [0, 0.1) is 6.92 Å². The summed E-state index contributed by atoms with van der Waals surface area (Å²) in [6, 6.07) is 13.2. The number of carbonyl (C=O) groups excluding carboxylic acids is 1. The second kappa shape index (κ2) is 8.88. The fraction of sp³-hybridized carbons (Fsp3) is 0.211. The maximum absolute atomic E-state index is 12.6. The van der Waals surface area contributed by atoms with Crippen molar-refractivity contribution in [3.8, 4) is 11.5 Å². The van der Waals surface area contributed by atoms with Crippen LogP contribution in [0.2, 0.25) is 0 Å². The van der Waals surface area contributed by atoms with E-state index in [0.717, 1.165) is 10.0 Å². The fourth-order valence-electron chi connectivity index (χ4n) is 2.32. The first-order chi connectivity index (χ1) is 13.1. The number of thioether (sulfide) groups is 1. The summed E-state index contributed by atoms with van der Waals surface area (Å²) in [5.74, 6) is 1.33. The molecular formula is C19H19N3O3S2. The van der Waals surface area contributed by atoms with E-state index in [1.165, 1.54) is 28.7 Å². The Hall–Kier alpha value is -2.58. The quantitative estimate of drug-likeness (QED) is 0.437. The molecule has 0 saturated heterocycles. The van der Waals surface area contributed by atoms with E-state index in [1.54, 1.807) is 32.4 Å². The average molecular weight is 402 g/mol. The van der Waals surface area contributed by atoms with Gasteiger partial charge in [0.25, 0.3) is 0 Å². The number of aryl methyl sites for hydroxylation is 1. The van der Waals surface area contributed by atoms with Crippen molar-refractivity contribution in [3.05, 3.63) is 53.6 Å². The van der Waals surface area contributed by atoms with Gasteiger partial charge in [0.05, 0.1) is 25.5 Å². The average Bonchev–Trinajstić information content (AvgIpc) is 3.14. The molecule has 3 aromatic rings. The number of ketones is 1. The Balaban J connectivity index is 1.63. The molecule has 0 bridgehead atoms. The number of hydrogen-bond acceptors (Lipinski definition) is 8. The second-order valence-electron chi connectivity index (χ2n) is 5.64. The van der Waals surface area contributed by atoms with Crippen LogP contribution in [0.3, 0.4) is 0 Å². The van der Waals surface area contributed by atoms with Gasteiger partial charge in [0.2, 0.25) is 5.13 Å². The number of nitrogens with zero attached hydrogens (tertiary/aromatic N) is 2. The highest BCUT2D eigenvalue weighted by Gasteiger charge is 2.15. The Bertz CT molecular complexity index is 926. The number of rotatable bonds is 8. The minimum Gasteiger partial charge on any atom is -0.497 e. The number of benzene rings is 2. The molecule has 1 heterocycles. The molecular weight excluding hydrogens is 382 g/mol. The normalized spacial score (nSPS) is 10.5. The van der Waals surface area contributed by atoms with E-state index in [0.29, 0.717) is 22.2 Å². The van der Waals surface area contributed by atoms with Gasteiger partial charge in [-0.1, -0.05) is 40.8 Å². The van der Waals surface area contributed by atoms with Gasteiger partial charge >= 0.3 is 0 Å². The summed E-state index contributed by atoms with van der Waals surface area (Å²) in [6.45, 7) is 2.04. The fourth-order valence-corrected chi connectivity index (χ4v) is 3.97. The molecule has 0 aliphatic rings. The highest BCUT2D eigenvalue weighted by atomic mass is 32.2. The van der Waals surface area contributed by atoms with Crippen LogP contribution < -0.4 is 14.8 Å². The largest absolute Gasteiger partial charge is 0.497 e. The number of aromatic nitrogens is 2. The van der Waals surface area contributed by atoms with Crippen molar-refractivity contribution >= 4 is 39.7 Å². The Morgan fingerprint density at radius 2 is 1.89 bits per heavy atom. The van der Waals surface area contributed by atoms with Gasteiger partial charge < -0.3 is 14.8 Å². The number of nitrogens with one attached hydrogen (secondary N) is 1. The molecule has 8 heteroatoms. The molecule has 0 fully saturated rings. The van der Waals surface area contributed by atoms with Crippen LogP contribution in [-0.2, 0) is 0 Å². The Labute approximate surface area is 165 Å². The predicted octanol–water partition coefficient (Wildman–Crippen LogP) is 4.58. The van der Waals surface area contributed by atoms with E-state index in [1.807, 2.05) is 31.2 Å². The lowest BCUT2D eigenvalue weighted by Crippen LogP contribution is -2.05. The van der Waals surface area contributed by atoms with Crippen molar-refractivity contribution in [1.82, 2.24) is 10.2 Å². The van der Waals surface area contributed by atoms with Gasteiger partial charge in [-0.2, -0.15) is 0 Å². The minimum atomic E-state index is -0.0565. The predicted molar refractivity (Wildman–Crippen MR) is 109 cm³/mol. The Kier molecular flexibility index (Phi) is 6.31. The van der Waals surface area contributed by atoms with Gasteiger partial charge in [-0.3, -0.25) is 4.79 Å². The molecule has 0 aliphatic carbocycles. The van der Waals surface area contributed by atoms with Gasteiger partial charge in [0.1, 0.15) is 11.5 Å². The first-order valence-electron chi connectivity index (χ1n) is 8.14. The smallest absolute Gasteiger partial charge is 0.210 e. The summed E-state index contributed by atoms with van der Waals surface area (Å²) < 4.78 is 11.2. The molecule has 0 amide bonds. The van der Waals surface area contributed by atoms with Crippen LogP contribution in [0.4, 0.5) is 10.8 Å². The zero-order valence-electron chi connectivity index (χ0n) is 15.2. The summed E-state index contributed by atoms with van der Waals surface area (Å²) in [5.41, 5.74) is 2.64. The zero-order chi connectivity index (χ0) is 19.2. The lowest BCUT2D eigenvalue weighted by Gasteiger charge is -2.09. The number of ether oxygens (including phenoxy) is 2. The number of methoxy groups -OCH3 is 2. The highest BCUT2D eigenvalue weighted by molar-refractivity contribution is 8.01. The van der Waals surface area contributed by atoms with Gasteiger partial charge in [0.15, 0.2) is 10.1 Å². The summed E-state index contributed by atoms with van der Waals surface area (Å²) >= 11 is 2.76. The third-order valence-corrected chi connectivity index (χ3v) is 5.72. The molecule has 27 heavy (non-hydrogen) atoms. The van der Waals surface area contributed by atoms with Crippen LogP contribution in [0.5, 0.6) is 11.5 Å². The molecule has 6 nitrogen and oxygen atoms in total. The van der Waals surface area contributed by atoms with Gasteiger partial charge in [-0.05, 0) is 37.3 Å². The SMILES string of the molecule is COc1ccc(OC)c(C(=O)CSc2nnc(Nc3ccc(C)cc3)s2)c1. The van der Waals surface area contributed by atoms with Crippen LogP contribution in [0.15, 0.2) is 46.8 Å². The molecule has 0 unspecified atom stereocenters. The summed E-state index contributed by atoms with van der Waals surface area (Å²) in [5, 5.41) is 12.2. The van der Waals surface area contributed by atoms with Crippen molar-refractivity contribution in [2.24, 2.45) is 0 Å². The molecule has 140 valence electrons. The molecule has 1 aromatic heterocycles. The lowest BCUT2D eigenvalue weighted by atomic mass is 10.1. The van der Waals surface area contributed by atoms with Crippen LogP contribution in [-0.4, -0.2) is 36.0 Å². The number of hydrogen-bond donors (Lipinski definition) is 1. The molecule has 0 aliphatic heterocycles. The van der Waals surface area contributed by atoms with E-state index < -0.39 is 0 Å². The molecule has 2 aromatic carbocycles. The second-order valence-corrected chi connectivity index (χ2v) is 7.84. The highest BCUT2D eigenvalue weighted by Crippen LogP contribution is 2.30. The lowest BCUT2D eigenvalue weighted by molar-refractivity contribution is 0.101. The van der Waals surface area contributed by atoms with Crippen molar-refractivity contribution in [1.29, 1.82) is 0 Å². The summed E-state index contributed by atoms with van der Waals surface area (Å²) in [4.78, 5) is 12.6. The molecule has 1 N–H and O–H groups in total. The summed E-state index contributed by atoms with van der Waals surface area (Å²) in [6.07, 6.45) is 0. The third kappa shape index (κ3) is 4.99. The summed E-state index contributed by atoms with van der Waals surface area (Å²) in [7, 11) is 3.11. The Morgan fingerprint density at radius 3 is 2.59 bits per heavy atom. The Morgan fingerprint density at radius 1 is 1.11 bits per heavy atom.